The average Bonchev–Trinajstić information content (AvgIpc) is 2.15. The van der Waals surface area contributed by atoms with E-state index in [1.165, 1.54) is 18.2 Å². The van der Waals surface area contributed by atoms with Crippen molar-refractivity contribution < 1.29 is 9.72 Å². The molecule has 80 valence electrons. The minimum Gasteiger partial charge on any atom is -0.285 e. The third-order valence-electron chi connectivity index (χ3n) is 1.68. The van der Waals surface area contributed by atoms with Crippen molar-refractivity contribution in [1.82, 2.24) is 0 Å². The highest BCUT2D eigenvalue weighted by atomic mass is 35.5. The smallest absolute Gasteiger partial charge is 0.285 e. The largest absolute Gasteiger partial charge is 0.287 e. The van der Waals surface area contributed by atoms with E-state index in [1.54, 1.807) is 0 Å². The van der Waals surface area contributed by atoms with E-state index in [0.29, 0.717) is 5.56 Å². The summed E-state index contributed by atoms with van der Waals surface area (Å²) in [7, 11) is 0. The van der Waals surface area contributed by atoms with Gasteiger partial charge in [-0.25, -0.2) is 0 Å². The van der Waals surface area contributed by atoms with E-state index >= 15 is 0 Å². The highest BCUT2D eigenvalue weighted by molar-refractivity contribution is 7.96. The summed E-state index contributed by atoms with van der Waals surface area (Å²) in [5.74, 6) is 0. The van der Waals surface area contributed by atoms with E-state index in [1.807, 2.05) is 0 Å². The van der Waals surface area contributed by atoms with Crippen molar-refractivity contribution in [2.45, 2.75) is 5.38 Å². The number of nitrogens with zero attached hydrogens (tertiary/aromatic N) is 1. The van der Waals surface area contributed by atoms with Crippen LogP contribution in [0.2, 0.25) is 5.02 Å². The molecule has 0 aliphatic heterocycles. The number of carbonyl (C=O) groups excluding carboxylic acids is 1. The number of alkyl halides is 1. The second kappa shape index (κ2) is 4.83. The lowest BCUT2D eigenvalue weighted by atomic mass is 10.1. The molecule has 4 nitrogen and oxygen atoms in total. The Labute approximate surface area is 101 Å². The van der Waals surface area contributed by atoms with E-state index in [0.717, 1.165) is 0 Å². The van der Waals surface area contributed by atoms with E-state index in [2.05, 4.69) is 12.6 Å². The van der Waals surface area contributed by atoms with E-state index in [4.69, 9.17) is 23.2 Å². The van der Waals surface area contributed by atoms with Crippen LogP contribution in [0.3, 0.4) is 0 Å². The zero-order chi connectivity index (χ0) is 11.6. The molecule has 1 atom stereocenters. The SMILES string of the molecule is O=C(S)C(Cl)c1ccc([N+](=O)[O-])c(Cl)c1. The van der Waals surface area contributed by atoms with Crippen LogP contribution in [0.1, 0.15) is 10.9 Å². The summed E-state index contributed by atoms with van der Waals surface area (Å²) in [5.41, 5.74) is 0.156. The second-order valence-corrected chi connectivity index (χ2v) is 3.95. The van der Waals surface area contributed by atoms with Crippen LogP contribution in [0.4, 0.5) is 5.69 Å². The number of rotatable bonds is 3. The maximum Gasteiger partial charge on any atom is 0.287 e. The standard InChI is InChI=1S/C8H5Cl2NO3S/c9-5-3-4(7(10)8(12)15)1-2-6(5)11(13)14/h1-3,7H,(H,12,15). The summed E-state index contributed by atoms with van der Waals surface area (Å²) in [6, 6.07) is 3.85. The Morgan fingerprint density at radius 1 is 1.53 bits per heavy atom. The molecule has 0 radical (unpaired) electrons. The predicted molar refractivity (Wildman–Crippen MR) is 60.7 cm³/mol. The highest BCUT2D eigenvalue weighted by Gasteiger charge is 2.18. The van der Waals surface area contributed by atoms with Crippen LogP contribution in [0.25, 0.3) is 0 Å². The monoisotopic (exact) mass is 265 g/mol. The van der Waals surface area contributed by atoms with Gasteiger partial charge in [0.05, 0.1) is 4.92 Å². The fourth-order valence-corrected chi connectivity index (χ4v) is 1.51. The van der Waals surface area contributed by atoms with Crippen molar-refractivity contribution >= 4 is 46.6 Å². The molecule has 1 aromatic carbocycles. The van der Waals surface area contributed by atoms with Gasteiger partial charge in [-0.15, -0.1) is 24.2 Å². The minimum absolute atomic E-state index is 0.0577. The average molecular weight is 266 g/mol. The summed E-state index contributed by atoms with van der Waals surface area (Å²) in [4.78, 5) is 20.7. The van der Waals surface area contributed by atoms with Gasteiger partial charge in [0.1, 0.15) is 10.4 Å². The molecule has 0 heterocycles. The summed E-state index contributed by atoms with van der Waals surface area (Å²) < 4.78 is 0. The molecular weight excluding hydrogens is 261 g/mol. The van der Waals surface area contributed by atoms with Crippen molar-refractivity contribution in [3.8, 4) is 0 Å². The molecule has 0 N–H and O–H groups in total. The number of hydrogen-bond donors (Lipinski definition) is 1. The van der Waals surface area contributed by atoms with Crippen molar-refractivity contribution in [3.63, 3.8) is 0 Å². The Bertz CT molecular complexity index is 424. The Hall–Kier alpha value is -0.780. The molecule has 15 heavy (non-hydrogen) atoms. The molecule has 0 aliphatic carbocycles. The molecule has 1 rings (SSSR count). The van der Waals surface area contributed by atoms with E-state index in [-0.39, 0.29) is 10.7 Å². The highest BCUT2D eigenvalue weighted by Crippen LogP contribution is 2.30. The molecule has 0 fully saturated rings. The first kappa shape index (κ1) is 12.3. The van der Waals surface area contributed by atoms with Gasteiger partial charge in [0.2, 0.25) is 5.12 Å². The summed E-state index contributed by atoms with van der Waals surface area (Å²) >= 11 is 14.9. The topological polar surface area (TPSA) is 60.2 Å². The van der Waals surface area contributed by atoms with Crippen LogP contribution in [-0.2, 0) is 4.79 Å². The van der Waals surface area contributed by atoms with Crippen LogP contribution in [0, 0.1) is 10.1 Å². The van der Waals surface area contributed by atoms with Gasteiger partial charge in [-0.3, -0.25) is 14.9 Å². The van der Waals surface area contributed by atoms with Crippen molar-refractivity contribution in [1.29, 1.82) is 0 Å². The van der Waals surface area contributed by atoms with Crippen LogP contribution in [0.5, 0.6) is 0 Å². The molecule has 0 amide bonds. The van der Waals surface area contributed by atoms with Gasteiger partial charge in [0, 0.05) is 6.07 Å². The Morgan fingerprint density at radius 3 is 2.53 bits per heavy atom. The van der Waals surface area contributed by atoms with Crippen LogP contribution in [-0.4, -0.2) is 10.0 Å². The van der Waals surface area contributed by atoms with Crippen LogP contribution in [0.15, 0.2) is 18.2 Å². The lowest BCUT2D eigenvalue weighted by Gasteiger charge is -2.05. The first-order chi connectivity index (χ1) is 6.93. The third kappa shape index (κ3) is 2.84. The van der Waals surface area contributed by atoms with Gasteiger partial charge in [-0.2, -0.15) is 0 Å². The van der Waals surface area contributed by atoms with Crippen molar-refractivity contribution in [3.05, 3.63) is 38.9 Å². The lowest BCUT2D eigenvalue weighted by molar-refractivity contribution is -0.384. The molecule has 0 aromatic heterocycles. The zero-order valence-electron chi connectivity index (χ0n) is 7.18. The fourth-order valence-electron chi connectivity index (χ4n) is 0.971. The van der Waals surface area contributed by atoms with Crippen molar-refractivity contribution in [2.75, 3.05) is 0 Å². The summed E-state index contributed by atoms with van der Waals surface area (Å²) in [5, 5.41) is 8.89. The third-order valence-corrected chi connectivity index (χ3v) is 2.84. The molecule has 0 bridgehead atoms. The number of carbonyl (C=O) groups is 1. The lowest BCUT2D eigenvalue weighted by Crippen LogP contribution is -1.99. The molecule has 0 spiro atoms. The van der Waals surface area contributed by atoms with Gasteiger partial charge >= 0.3 is 0 Å². The van der Waals surface area contributed by atoms with Crippen molar-refractivity contribution in [2.24, 2.45) is 0 Å². The second-order valence-electron chi connectivity index (χ2n) is 2.67. The molecule has 1 aromatic rings. The molecule has 0 saturated heterocycles. The molecular formula is C8H5Cl2NO3S. The molecule has 7 heteroatoms. The first-order valence-corrected chi connectivity index (χ1v) is 5.00. The number of hydrogen-bond acceptors (Lipinski definition) is 3. The van der Waals surface area contributed by atoms with Gasteiger partial charge < -0.3 is 0 Å². The summed E-state index contributed by atoms with van der Waals surface area (Å²) in [6.45, 7) is 0. The Morgan fingerprint density at radius 2 is 2.13 bits per heavy atom. The van der Waals surface area contributed by atoms with Crippen LogP contribution < -0.4 is 0 Å². The minimum atomic E-state index is -0.952. The maximum atomic E-state index is 10.8. The number of benzene rings is 1. The van der Waals surface area contributed by atoms with Crippen LogP contribution >= 0.6 is 35.8 Å². The number of nitro groups is 1. The van der Waals surface area contributed by atoms with Gasteiger partial charge in [-0.05, 0) is 11.6 Å². The normalized spacial score (nSPS) is 12.2. The quantitative estimate of drug-likeness (QED) is 0.396. The number of nitro benzene ring substituents is 1. The van der Waals surface area contributed by atoms with Gasteiger partial charge in [-0.1, -0.05) is 17.7 Å². The number of halogens is 2. The maximum absolute atomic E-state index is 10.8. The predicted octanol–water partition coefficient (Wildman–Crippen LogP) is 2.98. The Kier molecular flexibility index (Phi) is 3.96. The molecule has 1 unspecified atom stereocenters. The number of thiol groups is 1. The first-order valence-electron chi connectivity index (χ1n) is 3.74. The van der Waals surface area contributed by atoms with E-state index < -0.39 is 15.4 Å². The summed E-state index contributed by atoms with van der Waals surface area (Å²) in [6.07, 6.45) is 0. The zero-order valence-corrected chi connectivity index (χ0v) is 9.59. The fraction of sp³-hybridized carbons (Fsp3) is 0.125. The Balaban J connectivity index is 3.12. The van der Waals surface area contributed by atoms with E-state index in [9.17, 15) is 14.9 Å². The van der Waals surface area contributed by atoms with Gasteiger partial charge in [0.25, 0.3) is 5.69 Å². The van der Waals surface area contributed by atoms with Gasteiger partial charge in [0.15, 0.2) is 0 Å². The molecule has 0 saturated carbocycles. The molecule has 0 aliphatic rings.